The van der Waals surface area contributed by atoms with Crippen molar-refractivity contribution in [1.82, 2.24) is 9.88 Å². The molecule has 1 aromatic rings. The van der Waals surface area contributed by atoms with Gasteiger partial charge in [-0.2, -0.15) is 0 Å². The predicted octanol–water partition coefficient (Wildman–Crippen LogP) is 0.898. The standard InChI is InChI=1S/C10H12N2O3S/c1-6-3-11-10(16-6)7(2)12-4-8(13)15-9(14)5-12/h3,7H,4-5H2,1-2H3. The van der Waals surface area contributed by atoms with Gasteiger partial charge in [-0.25, -0.2) is 4.98 Å². The molecule has 2 rings (SSSR count). The zero-order valence-corrected chi connectivity index (χ0v) is 9.91. The molecule has 0 radical (unpaired) electrons. The molecule has 0 amide bonds. The molecule has 5 nitrogen and oxygen atoms in total. The average molecular weight is 240 g/mol. The van der Waals surface area contributed by atoms with Gasteiger partial charge in [0.1, 0.15) is 5.01 Å². The molecule has 1 aliphatic heterocycles. The lowest BCUT2D eigenvalue weighted by atomic mass is 10.2. The van der Waals surface area contributed by atoms with Gasteiger partial charge in [-0.1, -0.05) is 0 Å². The first-order valence-corrected chi connectivity index (χ1v) is 5.78. The minimum Gasteiger partial charge on any atom is -0.391 e. The molecule has 0 spiro atoms. The topological polar surface area (TPSA) is 59.5 Å². The monoisotopic (exact) mass is 240 g/mol. The van der Waals surface area contributed by atoms with E-state index in [0.717, 1.165) is 9.88 Å². The third-order valence-corrected chi connectivity index (χ3v) is 3.52. The summed E-state index contributed by atoms with van der Waals surface area (Å²) in [5.41, 5.74) is 0. The minimum absolute atomic E-state index is 0.0319. The molecule has 6 heteroatoms. The van der Waals surface area contributed by atoms with Crippen LogP contribution in [0.15, 0.2) is 6.20 Å². The van der Waals surface area contributed by atoms with E-state index in [-0.39, 0.29) is 19.1 Å². The summed E-state index contributed by atoms with van der Waals surface area (Å²) in [6, 6.07) is -0.0319. The number of rotatable bonds is 2. The SMILES string of the molecule is Cc1cnc(C(C)N2CC(=O)OC(=O)C2)s1. The minimum atomic E-state index is -0.489. The van der Waals surface area contributed by atoms with E-state index >= 15 is 0 Å². The first-order valence-electron chi connectivity index (χ1n) is 4.96. The molecule has 0 aliphatic carbocycles. The maximum atomic E-state index is 11.1. The summed E-state index contributed by atoms with van der Waals surface area (Å²) in [5.74, 6) is -0.979. The summed E-state index contributed by atoms with van der Waals surface area (Å²) in [4.78, 5) is 29.4. The number of esters is 2. The van der Waals surface area contributed by atoms with Crippen molar-refractivity contribution >= 4 is 23.3 Å². The Hall–Kier alpha value is -1.27. The number of ether oxygens (including phenoxy) is 1. The van der Waals surface area contributed by atoms with Gasteiger partial charge in [0, 0.05) is 11.1 Å². The van der Waals surface area contributed by atoms with Gasteiger partial charge in [0.25, 0.3) is 0 Å². The van der Waals surface area contributed by atoms with Crippen LogP contribution in [0, 0.1) is 6.92 Å². The Morgan fingerprint density at radius 1 is 1.44 bits per heavy atom. The molecule has 0 saturated carbocycles. The van der Waals surface area contributed by atoms with Crippen LogP contribution in [0.4, 0.5) is 0 Å². The molecular weight excluding hydrogens is 228 g/mol. The number of nitrogens with zero attached hydrogens (tertiary/aromatic N) is 2. The summed E-state index contributed by atoms with van der Waals surface area (Å²) in [6.07, 6.45) is 1.79. The molecule has 1 atom stereocenters. The fraction of sp³-hybridized carbons (Fsp3) is 0.500. The molecule has 1 unspecified atom stereocenters. The Bertz CT molecular complexity index is 413. The highest BCUT2D eigenvalue weighted by Gasteiger charge is 2.29. The number of carbonyl (C=O) groups excluding carboxylic acids is 2. The molecule has 2 heterocycles. The van der Waals surface area contributed by atoms with E-state index in [9.17, 15) is 9.59 Å². The molecular formula is C10H12N2O3S. The van der Waals surface area contributed by atoms with Crippen LogP contribution in [0.1, 0.15) is 22.9 Å². The average Bonchev–Trinajstić information content (AvgIpc) is 2.62. The number of aromatic nitrogens is 1. The van der Waals surface area contributed by atoms with Crippen molar-refractivity contribution < 1.29 is 14.3 Å². The summed E-state index contributed by atoms with van der Waals surface area (Å²) in [7, 11) is 0. The van der Waals surface area contributed by atoms with Gasteiger partial charge in [0.05, 0.1) is 19.1 Å². The fourth-order valence-electron chi connectivity index (χ4n) is 1.57. The highest BCUT2D eigenvalue weighted by atomic mass is 32.1. The molecule has 0 N–H and O–H groups in total. The lowest BCUT2D eigenvalue weighted by Gasteiger charge is -2.28. The molecule has 1 saturated heterocycles. The van der Waals surface area contributed by atoms with Crippen LogP contribution in [-0.4, -0.2) is 34.9 Å². The van der Waals surface area contributed by atoms with Crippen molar-refractivity contribution in [2.45, 2.75) is 19.9 Å². The number of cyclic esters (lactones) is 2. The lowest BCUT2D eigenvalue weighted by molar-refractivity contribution is -0.167. The van der Waals surface area contributed by atoms with Crippen molar-refractivity contribution in [2.75, 3.05) is 13.1 Å². The zero-order valence-electron chi connectivity index (χ0n) is 9.10. The summed E-state index contributed by atoms with van der Waals surface area (Å²) in [6.45, 7) is 4.20. The Morgan fingerprint density at radius 2 is 2.06 bits per heavy atom. The van der Waals surface area contributed by atoms with Crippen molar-refractivity contribution in [3.8, 4) is 0 Å². The lowest BCUT2D eigenvalue weighted by Crippen LogP contribution is -2.43. The normalized spacial score (nSPS) is 19.6. The molecule has 1 fully saturated rings. The molecule has 86 valence electrons. The Kier molecular flexibility index (Phi) is 3.02. The van der Waals surface area contributed by atoms with Crippen molar-refractivity contribution in [1.29, 1.82) is 0 Å². The quantitative estimate of drug-likeness (QED) is 0.567. The summed E-state index contributed by atoms with van der Waals surface area (Å²) >= 11 is 1.58. The van der Waals surface area contributed by atoms with Crippen molar-refractivity contribution in [3.05, 3.63) is 16.1 Å². The van der Waals surface area contributed by atoms with E-state index in [1.807, 2.05) is 13.8 Å². The molecule has 16 heavy (non-hydrogen) atoms. The molecule has 1 aromatic heterocycles. The maximum absolute atomic E-state index is 11.1. The first-order chi connectivity index (χ1) is 7.56. The van der Waals surface area contributed by atoms with E-state index in [4.69, 9.17) is 0 Å². The van der Waals surface area contributed by atoms with Crippen molar-refractivity contribution in [3.63, 3.8) is 0 Å². The van der Waals surface area contributed by atoms with E-state index in [1.54, 1.807) is 22.4 Å². The molecule has 1 aliphatic rings. The zero-order chi connectivity index (χ0) is 11.7. The Morgan fingerprint density at radius 3 is 2.56 bits per heavy atom. The van der Waals surface area contributed by atoms with Crippen LogP contribution in [-0.2, 0) is 14.3 Å². The Labute approximate surface area is 97.0 Å². The number of hydrogen-bond acceptors (Lipinski definition) is 6. The molecule has 0 aromatic carbocycles. The molecule has 0 bridgehead atoms. The maximum Gasteiger partial charge on any atom is 0.327 e. The van der Waals surface area contributed by atoms with Crippen LogP contribution in [0.5, 0.6) is 0 Å². The fourth-order valence-corrected chi connectivity index (χ4v) is 2.43. The second-order valence-corrected chi connectivity index (χ2v) is 5.00. The second-order valence-electron chi connectivity index (χ2n) is 3.74. The van der Waals surface area contributed by atoms with Gasteiger partial charge in [0.15, 0.2) is 0 Å². The third kappa shape index (κ3) is 2.28. The van der Waals surface area contributed by atoms with Crippen LogP contribution < -0.4 is 0 Å². The number of morpholine rings is 1. The second kappa shape index (κ2) is 4.31. The van der Waals surface area contributed by atoms with Crippen LogP contribution in [0.3, 0.4) is 0 Å². The first kappa shape index (κ1) is 11.2. The van der Waals surface area contributed by atoms with Crippen LogP contribution in [0.25, 0.3) is 0 Å². The Balaban J connectivity index is 2.12. The van der Waals surface area contributed by atoms with Gasteiger partial charge in [-0.05, 0) is 13.8 Å². The van der Waals surface area contributed by atoms with E-state index in [1.165, 1.54) is 0 Å². The number of aryl methyl sites for hydroxylation is 1. The number of carbonyl (C=O) groups is 2. The van der Waals surface area contributed by atoms with Gasteiger partial charge in [0.2, 0.25) is 0 Å². The van der Waals surface area contributed by atoms with Gasteiger partial charge in [-0.15, -0.1) is 11.3 Å². The van der Waals surface area contributed by atoms with E-state index in [2.05, 4.69) is 9.72 Å². The van der Waals surface area contributed by atoms with Crippen LogP contribution >= 0.6 is 11.3 Å². The summed E-state index contributed by atoms with van der Waals surface area (Å²) < 4.78 is 4.47. The smallest absolute Gasteiger partial charge is 0.327 e. The van der Waals surface area contributed by atoms with Gasteiger partial charge < -0.3 is 4.74 Å². The van der Waals surface area contributed by atoms with Gasteiger partial charge >= 0.3 is 11.9 Å². The number of thiazole rings is 1. The predicted molar refractivity (Wildman–Crippen MR) is 57.9 cm³/mol. The largest absolute Gasteiger partial charge is 0.391 e. The van der Waals surface area contributed by atoms with Crippen LogP contribution in [0.2, 0.25) is 0 Å². The highest BCUT2D eigenvalue weighted by molar-refractivity contribution is 7.11. The van der Waals surface area contributed by atoms with Gasteiger partial charge in [-0.3, -0.25) is 14.5 Å². The summed E-state index contributed by atoms with van der Waals surface area (Å²) in [5, 5.41) is 0.917. The third-order valence-electron chi connectivity index (χ3n) is 2.44. The number of hydrogen-bond donors (Lipinski definition) is 0. The highest BCUT2D eigenvalue weighted by Crippen LogP contribution is 2.25. The van der Waals surface area contributed by atoms with E-state index < -0.39 is 11.9 Å². The van der Waals surface area contributed by atoms with E-state index in [0.29, 0.717) is 0 Å². The van der Waals surface area contributed by atoms with Crippen molar-refractivity contribution in [2.24, 2.45) is 0 Å².